The average molecular weight is 160 g/mol. The van der Waals surface area contributed by atoms with Crippen LogP contribution in [0.25, 0.3) is 5.57 Å². The third kappa shape index (κ3) is 0.978. The highest BCUT2D eigenvalue weighted by Gasteiger charge is 2.19. The predicted octanol–water partition coefficient (Wildman–Crippen LogP) is 2.79. The molecule has 1 aliphatic carbocycles. The molecule has 0 aromatic heterocycles. The summed E-state index contributed by atoms with van der Waals surface area (Å²) in [7, 11) is 1.75. The molecule has 0 radical (unpaired) electrons. The van der Waals surface area contributed by atoms with Gasteiger partial charge in [0.2, 0.25) is 0 Å². The van der Waals surface area contributed by atoms with Crippen LogP contribution in [0.2, 0.25) is 0 Å². The van der Waals surface area contributed by atoms with Crippen molar-refractivity contribution in [3.63, 3.8) is 0 Å². The molecule has 0 fully saturated rings. The van der Waals surface area contributed by atoms with Gasteiger partial charge in [0.25, 0.3) is 0 Å². The number of hydrogen-bond acceptors (Lipinski definition) is 1. The van der Waals surface area contributed by atoms with Crippen molar-refractivity contribution >= 4 is 5.57 Å². The van der Waals surface area contributed by atoms with Gasteiger partial charge >= 0.3 is 0 Å². The van der Waals surface area contributed by atoms with Gasteiger partial charge in [0.05, 0.1) is 0 Å². The van der Waals surface area contributed by atoms with Crippen LogP contribution in [0.1, 0.15) is 24.2 Å². The number of fused-ring (bicyclic) bond motifs is 1. The quantitative estimate of drug-likeness (QED) is 0.613. The molecule has 0 saturated carbocycles. The third-order valence-corrected chi connectivity index (χ3v) is 2.35. The Morgan fingerprint density at radius 2 is 2.00 bits per heavy atom. The van der Waals surface area contributed by atoms with Crippen molar-refractivity contribution < 1.29 is 4.74 Å². The molecule has 0 saturated heterocycles. The van der Waals surface area contributed by atoms with Crippen LogP contribution >= 0.6 is 0 Å². The van der Waals surface area contributed by atoms with Crippen molar-refractivity contribution in [2.45, 2.75) is 13.0 Å². The van der Waals surface area contributed by atoms with Gasteiger partial charge in [-0.1, -0.05) is 24.3 Å². The maximum Gasteiger partial charge on any atom is 0.101 e. The van der Waals surface area contributed by atoms with Crippen molar-refractivity contribution in [3.8, 4) is 0 Å². The lowest BCUT2D eigenvalue weighted by molar-refractivity contribution is 0.145. The lowest BCUT2D eigenvalue weighted by Gasteiger charge is -2.07. The van der Waals surface area contributed by atoms with E-state index in [4.69, 9.17) is 4.74 Å². The molecule has 0 bridgehead atoms. The Kier molecular flexibility index (Phi) is 1.74. The summed E-state index contributed by atoms with van der Waals surface area (Å²) in [4.78, 5) is 0. The Morgan fingerprint density at radius 1 is 1.25 bits per heavy atom. The van der Waals surface area contributed by atoms with E-state index in [1.165, 1.54) is 16.7 Å². The van der Waals surface area contributed by atoms with E-state index in [0.29, 0.717) is 0 Å². The average Bonchev–Trinajstić information content (AvgIpc) is 2.44. The molecule has 62 valence electrons. The molecule has 1 aromatic rings. The molecular weight excluding hydrogens is 148 g/mol. The Hall–Kier alpha value is -1.08. The molecule has 1 atom stereocenters. The zero-order valence-corrected chi connectivity index (χ0v) is 7.37. The molecule has 2 rings (SSSR count). The van der Waals surface area contributed by atoms with E-state index < -0.39 is 0 Å². The topological polar surface area (TPSA) is 9.23 Å². The Labute approximate surface area is 72.7 Å². The van der Waals surface area contributed by atoms with Crippen molar-refractivity contribution in [3.05, 3.63) is 41.5 Å². The zero-order valence-electron chi connectivity index (χ0n) is 7.37. The summed E-state index contributed by atoms with van der Waals surface area (Å²) in [5, 5.41) is 0. The predicted molar refractivity (Wildman–Crippen MR) is 49.8 cm³/mol. The van der Waals surface area contributed by atoms with Gasteiger partial charge in [-0.3, -0.25) is 0 Å². The van der Waals surface area contributed by atoms with Gasteiger partial charge in [-0.15, -0.1) is 0 Å². The van der Waals surface area contributed by atoms with Gasteiger partial charge in [0.1, 0.15) is 6.10 Å². The van der Waals surface area contributed by atoms with Crippen LogP contribution in [0.15, 0.2) is 30.3 Å². The van der Waals surface area contributed by atoms with E-state index in [1.807, 2.05) is 0 Å². The first-order chi connectivity index (χ1) is 5.83. The maximum absolute atomic E-state index is 5.33. The van der Waals surface area contributed by atoms with Crippen LogP contribution in [-0.2, 0) is 4.74 Å². The van der Waals surface area contributed by atoms with Crippen LogP contribution < -0.4 is 0 Å². The van der Waals surface area contributed by atoms with Gasteiger partial charge in [-0.25, -0.2) is 0 Å². The van der Waals surface area contributed by atoms with Crippen molar-refractivity contribution in [1.82, 2.24) is 0 Å². The molecule has 0 unspecified atom stereocenters. The molecule has 0 amide bonds. The van der Waals surface area contributed by atoms with Crippen molar-refractivity contribution in [2.24, 2.45) is 0 Å². The van der Waals surface area contributed by atoms with Crippen LogP contribution in [-0.4, -0.2) is 7.11 Å². The number of allylic oxidation sites excluding steroid dienone is 1. The second-order valence-electron chi connectivity index (χ2n) is 3.09. The number of ether oxygens (including phenoxy) is 1. The highest BCUT2D eigenvalue weighted by atomic mass is 16.5. The first-order valence-electron chi connectivity index (χ1n) is 4.13. The minimum absolute atomic E-state index is 0.168. The van der Waals surface area contributed by atoms with Crippen molar-refractivity contribution in [1.29, 1.82) is 0 Å². The highest BCUT2D eigenvalue weighted by Crippen LogP contribution is 2.35. The zero-order chi connectivity index (χ0) is 8.55. The van der Waals surface area contributed by atoms with E-state index >= 15 is 0 Å². The minimum atomic E-state index is 0.168. The lowest BCUT2D eigenvalue weighted by Crippen LogP contribution is -1.94. The van der Waals surface area contributed by atoms with E-state index in [2.05, 4.69) is 37.3 Å². The van der Waals surface area contributed by atoms with Gasteiger partial charge in [0, 0.05) is 7.11 Å². The van der Waals surface area contributed by atoms with E-state index in [-0.39, 0.29) is 6.10 Å². The SMILES string of the molecule is CO[C@H]1C=C(C)c2ccccc21. The Balaban J connectivity index is 2.52. The molecule has 0 spiro atoms. The fourth-order valence-electron chi connectivity index (χ4n) is 1.71. The summed E-state index contributed by atoms with van der Waals surface area (Å²) in [6.45, 7) is 2.12. The molecular formula is C11H12O. The number of benzene rings is 1. The molecule has 0 heterocycles. The molecule has 1 heteroatoms. The second kappa shape index (κ2) is 2.76. The summed E-state index contributed by atoms with van der Waals surface area (Å²) in [5.74, 6) is 0. The van der Waals surface area contributed by atoms with Crippen molar-refractivity contribution in [2.75, 3.05) is 7.11 Å². The van der Waals surface area contributed by atoms with Crippen LogP contribution in [0.4, 0.5) is 0 Å². The largest absolute Gasteiger partial charge is 0.373 e. The van der Waals surface area contributed by atoms with Gasteiger partial charge in [0.15, 0.2) is 0 Å². The van der Waals surface area contributed by atoms with Gasteiger partial charge < -0.3 is 4.74 Å². The highest BCUT2D eigenvalue weighted by molar-refractivity contribution is 5.72. The summed E-state index contributed by atoms with van der Waals surface area (Å²) < 4.78 is 5.33. The summed E-state index contributed by atoms with van der Waals surface area (Å²) >= 11 is 0. The Morgan fingerprint density at radius 3 is 2.75 bits per heavy atom. The fourth-order valence-corrected chi connectivity index (χ4v) is 1.71. The smallest absolute Gasteiger partial charge is 0.101 e. The minimum Gasteiger partial charge on any atom is -0.373 e. The normalized spacial score (nSPS) is 20.5. The standard InChI is InChI=1S/C11H12O/c1-8-7-11(12-2)10-6-4-3-5-9(8)10/h3-7,11H,1-2H3/t11-/m0/s1. The van der Waals surface area contributed by atoms with Gasteiger partial charge in [-0.05, 0) is 29.7 Å². The van der Waals surface area contributed by atoms with E-state index in [9.17, 15) is 0 Å². The van der Waals surface area contributed by atoms with Gasteiger partial charge in [-0.2, -0.15) is 0 Å². The molecule has 0 N–H and O–H groups in total. The third-order valence-electron chi connectivity index (χ3n) is 2.35. The number of rotatable bonds is 1. The molecule has 1 nitrogen and oxygen atoms in total. The molecule has 1 aliphatic rings. The monoisotopic (exact) mass is 160 g/mol. The fraction of sp³-hybridized carbons (Fsp3) is 0.273. The Bertz CT molecular complexity index is 326. The summed E-state index contributed by atoms with van der Waals surface area (Å²) in [6, 6.07) is 8.38. The number of hydrogen-bond donors (Lipinski definition) is 0. The molecule has 1 aromatic carbocycles. The lowest BCUT2D eigenvalue weighted by atomic mass is 10.1. The van der Waals surface area contributed by atoms with E-state index in [0.717, 1.165) is 0 Å². The summed E-state index contributed by atoms with van der Waals surface area (Å²) in [5.41, 5.74) is 3.93. The molecule has 12 heavy (non-hydrogen) atoms. The second-order valence-corrected chi connectivity index (χ2v) is 3.09. The van der Waals surface area contributed by atoms with Crippen LogP contribution in [0.5, 0.6) is 0 Å². The first-order valence-corrected chi connectivity index (χ1v) is 4.13. The maximum atomic E-state index is 5.33. The summed E-state index contributed by atoms with van der Waals surface area (Å²) in [6.07, 6.45) is 2.33. The number of methoxy groups -OCH3 is 1. The van der Waals surface area contributed by atoms with Crippen LogP contribution in [0, 0.1) is 0 Å². The van der Waals surface area contributed by atoms with E-state index in [1.54, 1.807) is 7.11 Å². The first kappa shape index (κ1) is 7.56. The molecule has 0 aliphatic heterocycles. The van der Waals surface area contributed by atoms with Crippen LogP contribution in [0.3, 0.4) is 0 Å².